The second-order valence-corrected chi connectivity index (χ2v) is 17.5. The Morgan fingerprint density at radius 1 is 0.754 bits per heavy atom. The fraction of sp³-hybridized carbons (Fsp3) is 0.508. The molecule has 2 aliphatic rings. The normalized spacial score (nSPS) is 15.1. The van der Waals surface area contributed by atoms with E-state index in [1.54, 1.807) is 0 Å². The summed E-state index contributed by atoms with van der Waals surface area (Å²) >= 11 is 0. The Bertz CT molecular complexity index is 1850. The summed E-state index contributed by atoms with van der Waals surface area (Å²) in [7, 11) is 0. The highest BCUT2D eigenvalue weighted by Crippen LogP contribution is 2.41. The smallest absolute Gasteiger partial charge is 0.209 e. The van der Waals surface area contributed by atoms with E-state index in [-0.39, 0.29) is 10.8 Å². The van der Waals surface area contributed by atoms with Gasteiger partial charge in [-0.1, -0.05) is 204 Å². The van der Waals surface area contributed by atoms with Crippen molar-refractivity contribution in [2.45, 2.75) is 192 Å². The molecule has 0 fully saturated rings. The highest BCUT2D eigenvalue weighted by atomic mass is 15.1. The average Bonchev–Trinajstić information content (AvgIpc) is 3.49. The van der Waals surface area contributed by atoms with Crippen LogP contribution in [0.4, 0.5) is 11.4 Å². The third-order valence-electron chi connectivity index (χ3n) is 11.9. The van der Waals surface area contributed by atoms with Gasteiger partial charge in [-0.05, 0) is 94.7 Å². The van der Waals surface area contributed by atoms with Crippen molar-refractivity contribution in [3.8, 4) is 0 Å². The topological polar surface area (TPSA) is 15.0 Å². The highest BCUT2D eigenvalue weighted by Gasteiger charge is 2.43. The number of allylic oxidation sites excluding steroid dienone is 8. The van der Waals surface area contributed by atoms with Crippen LogP contribution in [0.5, 0.6) is 0 Å². The Morgan fingerprint density at radius 3 is 1.90 bits per heavy atom. The van der Waals surface area contributed by atoms with E-state index in [9.17, 15) is 0 Å². The van der Waals surface area contributed by atoms with Crippen molar-refractivity contribution in [3.63, 3.8) is 0 Å². The molecule has 0 spiro atoms. The first-order valence-electron chi connectivity index (χ1n) is 24.3. The molecule has 0 radical (unpaired) electrons. The first kappa shape index (κ1) is 54.8. The molecule has 0 bridgehead atoms. The van der Waals surface area contributed by atoms with Crippen LogP contribution < -0.4 is 5.32 Å². The molecule has 0 atom stereocenters. The van der Waals surface area contributed by atoms with Gasteiger partial charge in [0.2, 0.25) is 5.69 Å². The minimum atomic E-state index is -0.0451. The van der Waals surface area contributed by atoms with E-state index in [1.807, 2.05) is 19.9 Å². The summed E-state index contributed by atoms with van der Waals surface area (Å²) in [4.78, 5) is 0. The Balaban J connectivity index is 0.000000932. The standard InChI is InChI=1S/C42H50N2.C7H16.C4H10.C4H8.C2H6/c1-9-29-44-38-20-13-12-19-37(38)42(7,8)39(44)28-25-34-17-14-16-33(40(34)43-35-26-21-30(2)22-27-35)24-23-32(4)41(5,6)36-18-11-10-15-31(36)3;1-3-5-7-6-4-2;2*1-3-4-2;1-2/h10-13,15,18-28H,9,14,16-17,29H2,1-8H3;3-7H2,1-2H3;3-4H2,1-2H3;3H,1,4H2,2H3;1-2H3/p+1/b32-23-,33-24+;;;;. The number of aryl methyl sites for hydroxylation is 2. The maximum atomic E-state index is 3.87. The number of hydrogen-bond acceptors (Lipinski definition) is 1. The Kier molecular flexibility index (Phi) is 27.0. The van der Waals surface area contributed by atoms with Gasteiger partial charge in [-0.25, -0.2) is 0 Å². The van der Waals surface area contributed by atoms with Gasteiger partial charge < -0.3 is 5.32 Å². The van der Waals surface area contributed by atoms with Crippen LogP contribution in [-0.2, 0) is 10.8 Å². The number of benzene rings is 3. The predicted octanol–water partition coefficient (Wildman–Crippen LogP) is 18.4. The number of nitrogens with zero attached hydrogens (tertiary/aromatic N) is 1. The van der Waals surface area contributed by atoms with Crippen LogP contribution in [0.25, 0.3) is 0 Å². The van der Waals surface area contributed by atoms with Crippen molar-refractivity contribution in [3.05, 3.63) is 154 Å². The van der Waals surface area contributed by atoms with E-state index >= 15 is 0 Å². The molecule has 1 aliphatic carbocycles. The molecule has 3 aromatic rings. The quantitative estimate of drug-likeness (QED) is 0.0916. The van der Waals surface area contributed by atoms with E-state index in [1.165, 1.54) is 101 Å². The molecular weight excluding hydrogens is 737 g/mol. The maximum absolute atomic E-state index is 3.87. The Hall–Kier alpha value is -4.17. The summed E-state index contributed by atoms with van der Waals surface area (Å²) in [5, 5.41) is 3.87. The highest BCUT2D eigenvalue weighted by molar-refractivity contribution is 6.03. The molecule has 336 valence electrons. The molecule has 1 aliphatic heterocycles. The summed E-state index contributed by atoms with van der Waals surface area (Å²) in [6.07, 6.45) is 26.6. The lowest BCUT2D eigenvalue weighted by Gasteiger charge is -2.29. The minimum absolute atomic E-state index is 0.0400. The first-order valence-corrected chi connectivity index (χ1v) is 24.3. The van der Waals surface area contributed by atoms with Crippen molar-refractivity contribution >= 4 is 17.1 Å². The van der Waals surface area contributed by atoms with Crippen molar-refractivity contribution < 1.29 is 4.58 Å². The molecule has 5 rings (SSSR count). The molecule has 1 heterocycles. The molecule has 0 amide bonds. The summed E-state index contributed by atoms with van der Waals surface area (Å²) < 4.78 is 2.54. The lowest BCUT2D eigenvalue weighted by atomic mass is 9.76. The van der Waals surface area contributed by atoms with E-state index < -0.39 is 0 Å². The molecule has 1 N–H and O–H groups in total. The number of fused-ring (bicyclic) bond motifs is 1. The maximum Gasteiger partial charge on any atom is 0.209 e. The van der Waals surface area contributed by atoms with Crippen LogP contribution in [0.15, 0.2) is 132 Å². The molecule has 0 saturated carbocycles. The third kappa shape index (κ3) is 17.3. The molecule has 2 nitrogen and oxygen atoms in total. The molecule has 0 saturated heterocycles. The van der Waals surface area contributed by atoms with E-state index in [4.69, 9.17) is 0 Å². The van der Waals surface area contributed by atoms with E-state index in [0.29, 0.717) is 0 Å². The van der Waals surface area contributed by atoms with Gasteiger partial charge in [-0.3, -0.25) is 0 Å². The largest absolute Gasteiger partial charge is 0.355 e. The SMILES string of the molecule is C=CCC.CC.CCCC.CCCCCCC.CCC[N+]1=C(/C=C/C2=C(Nc3ccc(C)cc3)C(=C/C=C(/C)C(C)(C)c3ccccc3C)/CCC2)C(C)(C)c2ccccc21. The van der Waals surface area contributed by atoms with Crippen LogP contribution in [0.1, 0.15) is 189 Å². The molecular formula is C59H91N2+. The summed E-state index contributed by atoms with van der Waals surface area (Å²) in [6, 6.07) is 26.5. The van der Waals surface area contributed by atoms with Crippen molar-refractivity contribution in [1.29, 1.82) is 0 Å². The predicted molar refractivity (Wildman–Crippen MR) is 277 cm³/mol. The second-order valence-electron chi connectivity index (χ2n) is 17.5. The summed E-state index contributed by atoms with van der Waals surface area (Å²) in [5.41, 5.74) is 14.6. The fourth-order valence-corrected chi connectivity index (χ4v) is 7.58. The van der Waals surface area contributed by atoms with Gasteiger partial charge in [0.05, 0.1) is 5.41 Å². The average molecular weight is 828 g/mol. The molecule has 0 aromatic heterocycles. The number of anilines is 1. The molecule has 2 heteroatoms. The fourth-order valence-electron chi connectivity index (χ4n) is 7.58. The van der Waals surface area contributed by atoms with Crippen molar-refractivity contribution in [2.75, 3.05) is 11.9 Å². The van der Waals surface area contributed by atoms with Crippen LogP contribution >= 0.6 is 0 Å². The van der Waals surface area contributed by atoms with Gasteiger partial charge in [-0.2, -0.15) is 4.58 Å². The van der Waals surface area contributed by atoms with Gasteiger partial charge in [-0.15, -0.1) is 6.58 Å². The zero-order valence-corrected chi connectivity index (χ0v) is 42.2. The van der Waals surface area contributed by atoms with E-state index in [2.05, 4.69) is 204 Å². The Labute approximate surface area is 378 Å². The van der Waals surface area contributed by atoms with E-state index in [0.717, 1.165) is 44.3 Å². The lowest BCUT2D eigenvalue weighted by molar-refractivity contribution is -0.437. The van der Waals surface area contributed by atoms with Crippen molar-refractivity contribution in [2.24, 2.45) is 0 Å². The van der Waals surface area contributed by atoms with Gasteiger partial charge in [0, 0.05) is 40.9 Å². The number of unbranched alkanes of at least 4 members (excludes halogenated alkanes) is 5. The van der Waals surface area contributed by atoms with Crippen molar-refractivity contribution in [1.82, 2.24) is 0 Å². The molecule has 0 unspecified atom stereocenters. The third-order valence-corrected chi connectivity index (χ3v) is 11.9. The zero-order valence-electron chi connectivity index (χ0n) is 42.2. The van der Waals surface area contributed by atoms with Gasteiger partial charge in [0.1, 0.15) is 6.54 Å². The molecule has 3 aromatic carbocycles. The number of nitrogens with one attached hydrogen (secondary N) is 1. The molecule has 61 heavy (non-hydrogen) atoms. The zero-order chi connectivity index (χ0) is 45.8. The monoisotopic (exact) mass is 828 g/mol. The number of rotatable bonds is 15. The number of para-hydroxylation sites is 1. The second kappa shape index (κ2) is 30.0. The Morgan fingerprint density at radius 2 is 1.34 bits per heavy atom. The van der Waals surface area contributed by atoms with Gasteiger partial charge in [0.25, 0.3) is 0 Å². The summed E-state index contributed by atoms with van der Waals surface area (Å²) in [6.45, 7) is 37.8. The van der Waals surface area contributed by atoms with Gasteiger partial charge >= 0.3 is 0 Å². The van der Waals surface area contributed by atoms with Crippen LogP contribution in [0, 0.1) is 13.8 Å². The van der Waals surface area contributed by atoms with Gasteiger partial charge in [0.15, 0.2) is 5.71 Å². The summed E-state index contributed by atoms with van der Waals surface area (Å²) in [5.74, 6) is 0. The first-order chi connectivity index (χ1) is 29.3. The lowest BCUT2D eigenvalue weighted by Crippen LogP contribution is -2.28. The van der Waals surface area contributed by atoms with Crippen LogP contribution in [0.3, 0.4) is 0 Å². The minimum Gasteiger partial charge on any atom is -0.355 e. The van der Waals surface area contributed by atoms with Crippen LogP contribution in [0.2, 0.25) is 0 Å². The van der Waals surface area contributed by atoms with Crippen LogP contribution in [-0.4, -0.2) is 16.8 Å². The number of hydrogen-bond donors (Lipinski definition) is 1.